The van der Waals surface area contributed by atoms with Crippen LogP contribution in [0, 0.1) is 0 Å². The standard InChI is InChI=1S/C20H17Br2F3N4O3/c1-9(30)10-3-2-4-11(7-10)26-19(31)17-16(22)18-27-12(13-5-6-15(21)32-13)8-14(20(23,24)25)29(18)28-17/h2-7,9,12,14,27,30H,8H2,1H3,(H,26,31)/t9-,12-,14+/m1/s1. The summed E-state index contributed by atoms with van der Waals surface area (Å²) in [4.78, 5) is 12.8. The first-order valence-electron chi connectivity index (χ1n) is 9.50. The van der Waals surface area contributed by atoms with E-state index in [0.29, 0.717) is 21.7 Å². The van der Waals surface area contributed by atoms with Gasteiger partial charge in [0.15, 0.2) is 16.4 Å². The van der Waals surface area contributed by atoms with E-state index in [1.807, 2.05) is 0 Å². The van der Waals surface area contributed by atoms with Gasteiger partial charge in [-0.15, -0.1) is 0 Å². The highest BCUT2D eigenvalue weighted by atomic mass is 79.9. The Bertz CT molecular complexity index is 1160. The predicted molar refractivity (Wildman–Crippen MR) is 117 cm³/mol. The molecule has 4 rings (SSSR count). The molecule has 1 amide bonds. The number of carbonyl (C=O) groups excluding carboxylic acids is 1. The van der Waals surface area contributed by atoms with Crippen molar-refractivity contribution in [3.05, 3.63) is 62.6 Å². The van der Waals surface area contributed by atoms with E-state index in [1.165, 1.54) is 0 Å². The van der Waals surface area contributed by atoms with E-state index in [0.717, 1.165) is 4.68 Å². The zero-order chi connectivity index (χ0) is 23.2. The Kier molecular flexibility index (Phi) is 6.12. The molecule has 12 heteroatoms. The highest BCUT2D eigenvalue weighted by Crippen LogP contribution is 2.46. The summed E-state index contributed by atoms with van der Waals surface area (Å²) >= 11 is 6.39. The van der Waals surface area contributed by atoms with Crippen molar-refractivity contribution in [1.29, 1.82) is 0 Å². The van der Waals surface area contributed by atoms with Crippen LogP contribution in [-0.2, 0) is 0 Å². The van der Waals surface area contributed by atoms with Crippen LogP contribution in [0.4, 0.5) is 24.7 Å². The summed E-state index contributed by atoms with van der Waals surface area (Å²) in [6.07, 6.45) is -5.69. The Morgan fingerprint density at radius 1 is 1.34 bits per heavy atom. The molecule has 0 saturated carbocycles. The average molecular weight is 578 g/mol. The minimum atomic E-state index is -4.59. The van der Waals surface area contributed by atoms with Crippen LogP contribution in [0.25, 0.3) is 0 Å². The van der Waals surface area contributed by atoms with Crippen LogP contribution in [0.5, 0.6) is 0 Å². The maximum atomic E-state index is 13.9. The fourth-order valence-corrected chi connectivity index (χ4v) is 4.38. The molecule has 1 aromatic carbocycles. The van der Waals surface area contributed by atoms with Crippen LogP contribution < -0.4 is 10.6 Å². The molecule has 0 aliphatic carbocycles. The van der Waals surface area contributed by atoms with Gasteiger partial charge in [0, 0.05) is 12.1 Å². The van der Waals surface area contributed by atoms with Crippen LogP contribution in [0.15, 0.2) is 50.0 Å². The number of hydrogen-bond acceptors (Lipinski definition) is 5. The van der Waals surface area contributed by atoms with Crippen LogP contribution >= 0.6 is 31.9 Å². The Balaban J connectivity index is 1.67. The van der Waals surface area contributed by atoms with Crippen molar-refractivity contribution >= 4 is 49.3 Å². The van der Waals surface area contributed by atoms with E-state index < -0.39 is 30.3 Å². The van der Waals surface area contributed by atoms with Crippen LogP contribution in [0.2, 0.25) is 0 Å². The molecule has 0 spiro atoms. The van der Waals surface area contributed by atoms with Gasteiger partial charge in [-0.3, -0.25) is 4.79 Å². The average Bonchev–Trinajstić information content (AvgIpc) is 3.30. The third-order valence-electron chi connectivity index (χ3n) is 5.08. The number of aromatic nitrogens is 2. The fraction of sp³-hybridized carbons (Fsp3) is 0.300. The van der Waals surface area contributed by atoms with Crippen LogP contribution in [0.1, 0.15) is 53.3 Å². The Morgan fingerprint density at radius 2 is 2.09 bits per heavy atom. The molecule has 0 unspecified atom stereocenters. The molecule has 3 atom stereocenters. The topological polar surface area (TPSA) is 92.3 Å². The summed E-state index contributed by atoms with van der Waals surface area (Å²) in [6.45, 7) is 1.58. The number of anilines is 2. The summed E-state index contributed by atoms with van der Waals surface area (Å²) in [6, 6.07) is 6.98. The number of aliphatic hydroxyl groups excluding tert-OH is 1. The number of benzene rings is 1. The van der Waals surface area contributed by atoms with Crippen LogP contribution in [0.3, 0.4) is 0 Å². The highest BCUT2D eigenvalue weighted by Gasteiger charge is 2.48. The van der Waals surface area contributed by atoms with Crippen molar-refractivity contribution in [2.75, 3.05) is 10.6 Å². The number of nitrogens with zero attached hydrogens (tertiary/aromatic N) is 2. The number of fused-ring (bicyclic) bond motifs is 1. The summed E-state index contributed by atoms with van der Waals surface area (Å²) in [7, 11) is 0. The Labute approximate surface area is 197 Å². The number of nitrogens with one attached hydrogen (secondary N) is 2. The maximum Gasteiger partial charge on any atom is 0.410 e. The number of hydrogen-bond donors (Lipinski definition) is 3. The monoisotopic (exact) mass is 576 g/mol. The van der Waals surface area contributed by atoms with Gasteiger partial charge in [-0.05, 0) is 68.6 Å². The molecule has 32 heavy (non-hydrogen) atoms. The maximum absolute atomic E-state index is 13.9. The van der Waals surface area contributed by atoms with E-state index in [-0.39, 0.29) is 22.4 Å². The molecule has 3 N–H and O–H groups in total. The second-order valence-electron chi connectivity index (χ2n) is 7.34. The molecule has 1 aliphatic rings. The molecule has 1 aliphatic heterocycles. The largest absolute Gasteiger partial charge is 0.452 e. The van der Waals surface area contributed by atoms with Crippen molar-refractivity contribution in [3.8, 4) is 0 Å². The second-order valence-corrected chi connectivity index (χ2v) is 8.92. The van der Waals surface area contributed by atoms with Crippen molar-refractivity contribution in [3.63, 3.8) is 0 Å². The lowest BCUT2D eigenvalue weighted by Crippen LogP contribution is -2.35. The van der Waals surface area contributed by atoms with E-state index >= 15 is 0 Å². The van der Waals surface area contributed by atoms with Crippen molar-refractivity contribution < 1.29 is 27.5 Å². The molecule has 3 heterocycles. The number of aliphatic hydroxyl groups is 1. The lowest BCUT2D eigenvalue weighted by molar-refractivity contribution is -0.174. The summed E-state index contributed by atoms with van der Waals surface area (Å²) in [5, 5.41) is 19.3. The minimum Gasteiger partial charge on any atom is -0.452 e. The number of alkyl halides is 3. The second kappa shape index (κ2) is 8.56. The number of amides is 1. The fourth-order valence-electron chi connectivity index (χ4n) is 3.50. The van der Waals surface area contributed by atoms with Gasteiger partial charge in [-0.25, -0.2) is 4.68 Å². The van der Waals surface area contributed by atoms with Gasteiger partial charge in [0.25, 0.3) is 5.91 Å². The summed E-state index contributed by atoms with van der Waals surface area (Å²) in [5.41, 5.74) is 0.757. The van der Waals surface area contributed by atoms with E-state index in [1.54, 1.807) is 43.3 Å². The van der Waals surface area contributed by atoms with E-state index in [2.05, 4.69) is 47.6 Å². The highest BCUT2D eigenvalue weighted by molar-refractivity contribution is 9.10. The molecule has 3 aromatic rings. The molecule has 0 radical (unpaired) electrons. The van der Waals surface area contributed by atoms with Gasteiger partial charge in [-0.2, -0.15) is 18.3 Å². The lowest BCUT2D eigenvalue weighted by Gasteiger charge is -2.32. The smallest absolute Gasteiger partial charge is 0.410 e. The molecule has 0 fully saturated rings. The van der Waals surface area contributed by atoms with Crippen molar-refractivity contribution in [2.24, 2.45) is 0 Å². The normalized spacial score (nSPS) is 19.2. The molecule has 2 aromatic heterocycles. The molecular weight excluding hydrogens is 561 g/mol. The molecular formula is C20H17Br2F3N4O3. The van der Waals surface area contributed by atoms with Gasteiger partial charge in [-0.1, -0.05) is 12.1 Å². The van der Waals surface area contributed by atoms with Gasteiger partial charge in [0.2, 0.25) is 0 Å². The molecule has 170 valence electrons. The quantitative estimate of drug-likeness (QED) is 0.355. The number of carbonyl (C=O) groups is 1. The minimum absolute atomic E-state index is 0.0268. The van der Waals surface area contributed by atoms with Crippen molar-refractivity contribution in [1.82, 2.24) is 9.78 Å². The van der Waals surface area contributed by atoms with E-state index in [4.69, 9.17) is 4.42 Å². The number of furan rings is 1. The number of halogens is 5. The zero-order valence-electron chi connectivity index (χ0n) is 16.5. The molecule has 0 bridgehead atoms. The molecule has 7 nitrogen and oxygen atoms in total. The summed E-state index contributed by atoms with van der Waals surface area (Å²) < 4.78 is 48.3. The lowest BCUT2D eigenvalue weighted by atomic mass is 10.0. The summed E-state index contributed by atoms with van der Waals surface area (Å²) in [5.74, 6) is -0.341. The van der Waals surface area contributed by atoms with E-state index in [9.17, 15) is 23.1 Å². The van der Waals surface area contributed by atoms with Crippen molar-refractivity contribution in [2.45, 2.75) is 37.7 Å². The zero-order valence-corrected chi connectivity index (χ0v) is 19.6. The van der Waals surface area contributed by atoms with Gasteiger partial charge >= 0.3 is 6.18 Å². The van der Waals surface area contributed by atoms with Gasteiger partial charge in [0.1, 0.15) is 11.6 Å². The van der Waals surface area contributed by atoms with Gasteiger partial charge < -0.3 is 20.2 Å². The first-order valence-corrected chi connectivity index (χ1v) is 11.1. The number of rotatable bonds is 4. The predicted octanol–water partition coefficient (Wildman–Crippen LogP) is 5.97. The van der Waals surface area contributed by atoms with Crippen LogP contribution in [-0.4, -0.2) is 27.0 Å². The Morgan fingerprint density at radius 3 is 2.72 bits per heavy atom. The third-order valence-corrected chi connectivity index (χ3v) is 6.25. The first kappa shape index (κ1) is 22.9. The third kappa shape index (κ3) is 4.44. The SMILES string of the molecule is C[C@@H](O)c1cccc(NC(=O)c2nn3c(c2Br)N[C@@H](c2ccc(Br)o2)C[C@H]3C(F)(F)F)c1. The van der Waals surface area contributed by atoms with Gasteiger partial charge in [0.05, 0.1) is 16.6 Å². The molecule has 0 saturated heterocycles. The first-order chi connectivity index (χ1) is 15.0. The Hall–Kier alpha value is -2.31.